The normalized spacial score (nSPS) is 17.0. The number of nitro groups is 1. The van der Waals surface area contributed by atoms with Crippen LogP contribution in [-0.2, 0) is 14.6 Å². The quantitative estimate of drug-likeness (QED) is 0.403. The molecule has 2 aromatic carbocycles. The first-order chi connectivity index (χ1) is 15.6. The number of ether oxygens (including phenoxy) is 2. The van der Waals surface area contributed by atoms with Crippen molar-refractivity contribution in [3.63, 3.8) is 0 Å². The van der Waals surface area contributed by atoms with Crippen LogP contribution in [0.2, 0.25) is 0 Å². The number of amides is 1. The Bertz CT molecular complexity index is 1110. The van der Waals surface area contributed by atoms with Crippen LogP contribution >= 0.6 is 0 Å². The van der Waals surface area contributed by atoms with E-state index in [0.29, 0.717) is 35.6 Å². The maximum atomic E-state index is 13.0. The van der Waals surface area contributed by atoms with Crippen LogP contribution in [0.3, 0.4) is 0 Å². The van der Waals surface area contributed by atoms with Crippen molar-refractivity contribution in [2.45, 2.75) is 26.3 Å². The molecule has 0 saturated carbocycles. The molecule has 1 aliphatic rings. The molecule has 2 aromatic rings. The predicted octanol–water partition coefficient (Wildman–Crippen LogP) is 3.32. The van der Waals surface area contributed by atoms with Crippen molar-refractivity contribution < 1.29 is 27.6 Å². The van der Waals surface area contributed by atoms with E-state index in [9.17, 15) is 23.3 Å². The lowest BCUT2D eigenvalue weighted by molar-refractivity contribution is -0.384. The second-order valence-corrected chi connectivity index (χ2v) is 10.7. The Labute approximate surface area is 193 Å². The minimum atomic E-state index is -3.15. The molecule has 1 fully saturated rings. The summed E-state index contributed by atoms with van der Waals surface area (Å²) in [5.41, 5.74) is 1.04. The number of nitrogens with zero attached hydrogens (tertiary/aromatic N) is 2. The highest BCUT2D eigenvalue weighted by Gasteiger charge is 2.35. The zero-order chi connectivity index (χ0) is 24.2. The second kappa shape index (κ2) is 10.2. The summed E-state index contributed by atoms with van der Waals surface area (Å²) in [6, 6.07) is 10.8. The van der Waals surface area contributed by atoms with Crippen LogP contribution in [0.5, 0.6) is 11.5 Å². The summed E-state index contributed by atoms with van der Waals surface area (Å²) in [4.78, 5) is 25.4. The molecule has 0 bridgehead atoms. The third-order valence-electron chi connectivity index (χ3n) is 5.46. The maximum Gasteiger partial charge on any atom is 0.270 e. The number of nitro benzene ring substituents is 1. The van der Waals surface area contributed by atoms with E-state index in [1.807, 2.05) is 13.8 Å². The fourth-order valence-electron chi connectivity index (χ4n) is 3.85. The van der Waals surface area contributed by atoms with Gasteiger partial charge in [-0.05, 0) is 36.1 Å². The average molecular weight is 477 g/mol. The molecule has 1 saturated heterocycles. The minimum absolute atomic E-state index is 0.0416. The number of non-ortho nitro benzene ring substituents is 1. The van der Waals surface area contributed by atoms with Crippen molar-refractivity contribution >= 4 is 21.4 Å². The molecule has 178 valence electrons. The van der Waals surface area contributed by atoms with E-state index < -0.39 is 14.8 Å². The first kappa shape index (κ1) is 24.5. The SMILES string of the molecule is COc1ccc(-c2cc([N+](=O)[O-])ccc2OCC(=O)N(CC(C)C)C2CCS(=O)(=O)C2)cc1. The van der Waals surface area contributed by atoms with Crippen LogP contribution in [0.25, 0.3) is 11.1 Å². The molecule has 1 aliphatic heterocycles. The summed E-state index contributed by atoms with van der Waals surface area (Å²) in [5, 5.41) is 11.3. The second-order valence-electron chi connectivity index (χ2n) is 8.45. The molecule has 1 amide bonds. The van der Waals surface area contributed by atoms with E-state index in [1.54, 1.807) is 36.3 Å². The maximum absolute atomic E-state index is 13.0. The Morgan fingerprint density at radius 1 is 1.21 bits per heavy atom. The fraction of sp³-hybridized carbons (Fsp3) is 0.435. The summed E-state index contributed by atoms with van der Waals surface area (Å²) >= 11 is 0. The number of methoxy groups -OCH3 is 1. The highest BCUT2D eigenvalue weighted by atomic mass is 32.2. The van der Waals surface area contributed by atoms with Gasteiger partial charge in [-0.1, -0.05) is 26.0 Å². The molecule has 10 heteroatoms. The zero-order valence-corrected chi connectivity index (χ0v) is 19.7. The third kappa shape index (κ3) is 6.22. The Hall–Kier alpha value is -3.14. The molecule has 9 nitrogen and oxygen atoms in total. The molecule has 0 spiro atoms. The van der Waals surface area contributed by atoms with Crippen molar-refractivity contribution in [3.05, 3.63) is 52.6 Å². The molecular weight excluding hydrogens is 448 g/mol. The van der Waals surface area contributed by atoms with E-state index in [1.165, 1.54) is 18.2 Å². The van der Waals surface area contributed by atoms with Gasteiger partial charge in [-0.2, -0.15) is 0 Å². The van der Waals surface area contributed by atoms with Crippen LogP contribution in [0.15, 0.2) is 42.5 Å². The first-order valence-electron chi connectivity index (χ1n) is 10.6. The van der Waals surface area contributed by atoms with Gasteiger partial charge in [0.1, 0.15) is 11.5 Å². The summed E-state index contributed by atoms with van der Waals surface area (Å²) in [7, 11) is -1.60. The lowest BCUT2D eigenvalue weighted by Gasteiger charge is -2.30. The predicted molar refractivity (Wildman–Crippen MR) is 124 cm³/mol. The highest BCUT2D eigenvalue weighted by molar-refractivity contribution is 7.91. The Morgan fingerprint density at radius 3 is 2.45 bits per heavy atom. The summed E-state index contributed by atoms with van der Waals surface area (Å²) in [6.45, 7) is 4.05. The van der Waals surface area contributed by atoms with Gasteiger partial charge in [-0.15, -0.1) is 0 Å². The Morgan fingerprint density at radius 2 is 1.91 bits per heavy atom. The number of hydrogen-bond donors (Lipinski definition) is 0. The van der Waals surface area contributed by atoms with Crippen LogP contribution < -0.4 is 9.47 Å². The summed E-state index contributed by atoms with van der Waals surface area (Å²) in [5.74, 6) is 0.835. The molecule has 3 rings (SSSR count). The lowest BCUT2D eigenvalue weighted by atomic mass is 10.0. The van der Waals surface area contributed by atoms with Gasteiger partial charge in [0.25, 0.3) is 11.6 Å². The number of hydrogen-bond acceptors (Lipinski definition) is 7. The van der Waals surface area contributed by atoms with Gasteiger partial charge in [0.2, 0.25) is 0 Å². The number of carbonyl (C=O) groups is 1. The van der Waals surface area contributed by atoms with Crippen molar-refractivity contribution in [2.75, 3.05) is 31.8 Å². The molecule has 0 aliphatic carbocycles. The van der Waals surface area contributed by atoms with Gasteiger partial charge in [-0.25, -0.2) is 8.42 Å². The van der Waals surface area contributed by atoms with Crippen LogP contribution in [0.1, 0.15) is 20.3 Å². The molecule has 1 heterocycles. The van der Waals surface area contributed by atoms with E-state index in [4.69, 9.17) is 9.47 Å². The smallest absolute Gasteiger partial charge is 0.270 e. The summed E-state index contributed by atoms with van der Waals surface area (Å²) in [6.07, 6.45) is 0.412. The first-order valence-corrected chi connectivity index (χ1v) is 12.5. The molecule has 0 aromatic heterocycles. The van der Waals surface area contributed by atoms with Gasteiger partial charge in [0, 0.05) is 30.3 Å². The topological polar surface area (TPSA) is 116 Å². The van der Waals surface area contributed by atoms with Crippen molar-refractivity contribution in [2.24, 2.45) is 5.92 Å². The highest BCUT2D eigenvalue weighted by Crippen LogP contribution is 2.34. The standard InChI is InChI=1S/C23H28N2O7S/c1-16(2)13-24(19-10-11-33(29,30)15-19)23(26)14-32-22-9-6-18(25(27)28)12-21(22)17-4-7-20(31-3)8-5-17/h4-9,12,16,19H,10-11,13-15H2,1-3H3. The van der Waals surface area contributed by atoms with E-state index in [2.05, 4.69) is 0 Å². The monoisotopic (exact) mass is 476 g/mol. The van der Waals surface area contributed by atoms with E-state index >= 15 is 0 Å². The summed E-state index contributed by atoms with van der Waals surface area (Å²) < 4.78 is 34.9. The van der Waals surface area contributed by atoms with E-state index in [0.717, 1.165) is 0 Å². The van der Waals surface area contributed by atoms with Crippen molar-refractivity contribution in [1.29, 1.82) is 0 Å². The molecule has 33 heavy (non-hydrogen) atoms. The van der Waals surface area contributed by atoms with Gasteiger partial charge in [-0.3, -0.25) is 14.9 Å². The fourth-order valence-corrected chi connectivity index (χ4v) is 5.58. The molecular formula is C23H28N2O7S. The number of carbonyl (C=O) groups excluding carboxylic acids is 1. The van der Waals surface area contributed by atoms with Gasteiger partial charge in [0.05, 0.1) is 23.5 Å². The van der Waals surface area contributed by atoms with Crippen LogP contribution in [0, 0.1) is 16.0 Å². The zero-order valence-electron chi connectivity index (χ0n) is 18.9. The molecule has 0 N–H and O–H groups in total. The molecule has 1 unspecified atom stereocenters. The molecule has 0 radical (unpaired) electrons. The van der Waals surface area contributed by atoms with Crippen LogP contribution in [0.4, 0.5) is 5.69 Å². The van der Waals surface area contributed by atoms with Crippen molar-refractivity contribution in [1.82, 2.24) is 4.90 Å². The van der Waals surface area contributed by atoms with Gasteiger partial charge < -0.3 is 14.4 Å². The minimum Gasteiger partial charge on any atom is -0.497 e. The Balaban J connectivity index is 1.83. The Kier molecular flexibility index (Phi) is 7.57. The molecule has 1 atom stereocenters. The van der Waals surface area contributed by atoms with Gasteiger partial charge >= 0.3 is 0 Å². The number of sulfone groups is 1. The number of rotatable bonds is 9. The van der Waals surface area contributed by atoms with E-state index in [-0.39, 0.29) is 41.7 Å². The van der Waals surface area contributed by atoms with Crippen LogP contribution in [-0.4, -0.2) is 62.0 Å². The van der Waals surface area contributed by atoms with Gasteiger partial charge in [0.15, 0.2) is 16.4 Å². The van der Waals surface area contributed by atoms with Crippen molar-refractivity contribution in [3.8, 4) is 22.6 Å². The third-order valence-corrected chi connectivity index (χ3v) is 7.21. The largest absolute Gasteiger partial charge is 0.497 e. The lowest BCUT2D eigenvalue weighted by Crippen LogP contribution is -2.45. The average Bonchev–Trinajstić information content (AvgIpc) is 3.14. The number of benzene rings is 2.